The molecule has 0 saturated heterocycles. The van der Waals surface area contributed by atoms with Crippen molar-refractivity contribution in [3.8, 4) is 11.4 Å². The minimum atomic E-state index is -0.306. The molecule has 0 spiro atoms. The summed E-state index contributed by atoms with van der Waals surface area (Å²) in [5, 5.41) is 13.8. The van der Waals surface area contributed by atoms with E-state index in [0.29, 0.717) is 35.9 Å². The number of aromatic nitrogens is 5. The number of ether oxygens (including phenoxy) is 1. The van der Waals surface area contributed by atoms with Crippen LogP contribution < -0.4 is 5.32 Å². The van der Waals surface area contributed by atoms with Gasteiger partial charge in [0.25, 0.3) is 5.91 Å². The molecule has 0 atom stereocenters. The monoisotopic (exact) mass is 312 g/mol. The Morgan fingerprint density at radius 2 is 2.30 bits per heavy atom. The molecule has 0 radical (unpaired) electrons. The summed E-state index contributed by atoms with van der Waals surface area (Å²) in [5.74, 6) is -0.306. The predicted octanol–water partition coefficient (Wildman–Crippen LogP) is 1.57. The molecule has 0 fully saturated rings. The molecule has 2 N–H and O–H groups in total. The summed E-state index contributed by atoms with van der Waals surface area (Å²) in [6, 6.07) is 7.19. The minimum absolute atomic E-state index is 0.306. The molecule has 3 aromatic rings. The van der Waals surface area contributed by atoms with Crippen LogP contribution in [0, 0.1) is 0 Å². The number of rotatable bonds is 6. The number of pyridine rings is 1. The van der Waals surface area contributed by atoms with Crippen molar-refractivity contribution >= 4 is 11.6 Å². The first kappa shape index (κ1) is 14.9. The Balaban J connectivity index is 1.74. The molecule has 8 heteroatoms. The molecule has 0 aliphatic heterocycles. The summed E-state index contributed by atoms with van der Waals surface area (Å²) >= 11 is 0. The normalized spacial score (nSPS) is 10.7. The highest BCUT2D eigenvalue weighted by Crippen LogP contribution is 2.23. The largest absolute Gasteiger partial charge is 0.383 e. The van der Waals surface area contributed by atoms with Crippen molar-refractivity contribution in [1.29, 1.82) is 0 Å². The van der Waals surface area contributed by atoms with E-state index >= 15 is 0 Å². The number of H-pyrrole nitrogens is 1. The quantitative estimate of drug-likeness (QED) is 0.720. The van der Waals surface area contributed by atoms with Crippen LogP contribution in [0.4, 0.5) is 5.69 Å². The fourth-order valence-corrected chi connectivity index (χ4v) is 2.07. The van der Waals surface area contributed by atoms with Gasteiger partial charge in [-0.05, 0) is 18.2 Å². The number of methoxy groups -OCH3 is 1. The van der Waals surface area contributed by atoms with Crippen molar-refractivity contribution in [2.45, 2.75) is 6.54 Å². The second-order valence-electron chi connectivity index (χ2n) is 4.78. The van der Waals surface area contributed by atoms with Gasteiger partial charge in [0.05, 0.1) is 30.7 Å². The smallest absolute Gasteiger partial charge is 0.276 e. The maximum Gasteiger partial charge on any atom is 0.276 e. The summed E-state index contributed by atoms with van der Waals surface area (Å²) in [4.78, 5) is 16.5. The predicted molar refractivity (Wildman–Crippen MR) is 83.9 cm³/mol. The van der Waals surface area contributed by atoms with Crippen LogP contribution in [-0.2, 0) is 11.3 Å². The van der Waals surface area contributed by atoms with E-state index in [4.69, 9.17) is 4.74 Å². The van der Waals surface area contributed by atoms with Crippen LogP contribution in [0.15, 0.2) is 42.9 Å². The molecule has 0 aromatic carbocycles. The zero-order valence-electron chi connectivity index (χ0n) is 12.6. The lowest BCUT2D eigenvalue weighted by molar-refractivity contribution is 0.102. The summed E-state index contributed by atoms with van der Waals surface area (Å²) in [7, 11) is 1.62. The van der Waals surface area contributed by atoms with E-state index in [1.807, 2.05) is 18.2 Å². The van der Waals surface area contributed by atoms with Crippen LogP contribution in [-0.4, -0.2) is 44.6 Å². The Kier molecular flexibility index (Phi) is 4.44. The zero-order chi connectivity index (χ0) is 16.1. The van der Waals surface area contributed by atoms with E-state index in [-0.39, 0.29) is 5.91 Å². The average molecular weight is 312 g/mol. The average Bonchev–Trinajstić information content (AvgIpc) is 3.23. The van der Waals surface area contributed by atoms with Crippen LogP contribution in [0.3, 0.4) is 0 Å². The van der Waals surface area contributed by atoms with Crippen LogP contribution >= 0.6 is 0 Å². The lowest BCUT2D eigenvalue weighted by Crippen LogP contribution is -2.14. The molecule has 23 heavy (non-hydrogen) atoms. The lowest BCUT2D eigenvalue weighted by atomic mass is 10.2. The molecule has 118 valence electrons. The summed E-state index contributed by atoms with van der Waals surface area (Å²) < 4.78 is 6.64. The van der Waals surface area contributed by atoms with Crippen molar-refractivity contribution in [2.24, 2.45) is 0 Å². The van der Waals surface area contributed by atoms with Crippen LogP contribution in [0.2, 0.25) is 0 Å². The first-order chi connectivity index (χ1) is 11.3. The van der Waals surface area contributed by atoms with Gasteiger partial charge < -0.3 is 10.1 Å². The van der Waals surface area contributed by atoms with Gasteiger partial charge in [0, 0.05) is 19.5 Å². The third-order valence-corrected chi connectivity index (χ3v) is 3.21. The first-order valence-corrected chi connectivity index (χ1v) is 7.06. The molecular formula is C15H16N6O2. The standard InChI is InChI=1S/C15H16N6O2/c1-23-9-8-21-7-5-12(20-21)15(22)18-13-10-17-19-14(13)11-4-2-3-6-16-11/h2-7,10H,8-9H2,1H3,(H,17,19)(H,18,22). The van der Waals surface area contributed by atoms with Crippen molar-refractivity contribution in [3.05, 3.63) is 48.5 Å². The number of anilines is 1. The van der Waals surface area contributed by atoms with E-state index in [9.17, 15) is 4.79 Å². The van der Waals surface area contributed by atoms with Crippen LogP contribution in [0.5, 0.6) is 0 Å². The second kappa shape index (κ2) is 6.84. The molecule has 0 bridgehead atoms. The molecule has 0 aliphatic rings. The van der Waals surface area contributed by atoms with E-state index in [2.05, 4.69) is 25.6 Å². The van der Waals surface area contributed by atoms with Gasteiger partial charge in [-0.1, -0.05) is 6.07 Å². The Morgan fingerprint density at radius 3 is 3.09 bits per heavy atom. The van der Waals surface area contributed by atoms with Gasteiger partial charge in [0.2, 0.25) is 0 Å². The molecule has 8 nitrogen and oxygen atoms in total. The van der Waals surface area contributed by atoms with Gasteiger partial charge in [0.1, 0.15) is 5.69 Å². The molecule has 1 amide bonds. The summed E-state index contributed by atoms with van der Waals surface area (Å²) in [6.45, 7) is 1.13. The molecule has 0 unspecified atom stereocenters. The van der Waals surface area contributed by atoms with Crippen LogP contribution in [0.25, 0.3) is 11.4 Å². The highest BCUT2D eigenvalue weighted by molar-refractivity contribution is 6.04. The van der Waals surface area contributed by atoms with Gasteiger partial charge in [-0.3, -0.25) is 19.6 Å². The minimum Gasteiger partial charge on any atom is -0.383 e. The lowest BCUT2D eigenvalue weighted by Gasteiger charge is -2.04. The van der Waals surface area contributed by atoms with Crippen molar-refractivity contribution < 1.29 is 9.53 Å². The number of nitrogens with zero attached hydrogens (tertiary/aromatic N) is 4. The summed E-state index contributed by atoms with van der Waals surface area (Å²) in [6.07, 6.45) is 4.96. The molecule has 3 rings (SSSR count). The van der Waals surface area contributed by atoms with Gasteiger partial charge in [-0.15, -0.1) is 0 Å². The van der Waals surface area contributed by atoms with E-state index in [1.54, 1.807) is 36.4 Å². The highest BCUT2D eigenvalue weighted by Gasteiger charge is 2.15. The maximum atomic E-state index is 12.3. The van der Waals surface area contributed by atoms with Crippen LogP contribution in [0.1, 0.15) is 10.5 Å². The first-order valence-electron chi connectivity index (χ1n) is 7.06. The number of carbonyl (C=O) groups is 1. The van der Waals surface area contributed by atoms with Gasteiger partial charge in [0.15, 0.2) is 5.69 Å². The Labute approximate surface area is 132 Å². The molecule has 3 aromatic heterocycles. The third-order valence-electron chi connectivity index (χ3n) is 3.21. The Morgan fingerprint density at radius 1 is 1.39 bits per heavy atom. The Bertz CT molecular complexity index is 780. The summed E-state index contributed by atoms with van der Waals surface area (Å²) in [5.41, 5.74) is 2.23. The third kappa shape index (κ3) is 3.43. The molecule has 3 heterocycles. The van der Waals surface area contributed by atoms with Crippen molar-refractivity contribution in [2.75, 3.05) is 19.0 Å². The number of carbonyl (C=O) groups excluding carboxylic acids is 1. The highest BCUT2D eigenvalue weighted by atomic mass is 16.5. The van der Waals surface area contributed by atoms with Gasteiger partial charge in [-0.25, -0.2) is 0 Å². The zero-order valence-corrected chi connectivity index (χ0v) is 12.6. The SMILES string of the molecule is COCCn1ccc(C(=O)Nc2cn[nH]c2-c2ccccn2)n1. The number of aromatic amines is 1. The Hall–Kier alpha value is -3.00. The second-order valence-corrected chi connectivity index (χ2v) is 4.78. The topological polar surface area (TPSA) is 97.7 Å². The number of amides is 1. The van der Waals surface area contributed by atoms with Crippen molar-refractivity contribution in [3.63, 3.8) is 0 Å². The fraction of sp³-hybridized carbons (Fsp3) is 0.200. The molecule has 0 saturated carbocycles. The maximum absolute atomic E-state index is 12.3. The van der Waals surface area contributed by atoms with Gasteiger partial charge >= 0.3 is 0 Å². The van der Waals surface area contributed by atoms with E-state index in [1.165, 1.54) is 0 Å². The number of nitrogens with one attached hydrogen (secondary N) is 2. The fourth-order valence-electron chi connectivity index (χ4n) is 2.07. The molecular weight excluding hydrogens is 296 g/mol. The van der Waals surface area contributed by atoms with Crippen molar-refractivity contribution in [1.82, 2.24) is 25.0 Å². The van der Waals surface area contributed by atoms with E-state index < -0.39 is 0 Å². The molecule has 0 aliphatic carbocycles. The number of hydrogen-bond acceptors (Lipinski definition) is 5. The number of hydrogen-bond donors (Lipinski definition) is 2. The van der Waals surface area contributed by atoms with E-state index in [0.717, 1.165) is 0 Å². The van der Waals surface area contributed by atoms with Gasteiger partial charge in [-0.2, -0.15) is 10.2 Å².